The summed E-state index contributed by atoms with van der Waals surface area (Å²) >= 11 is 1.70. The van der Waals surface area contributed by atoms with Crippen LogP contribution < -0.4 is 4.74 Å². The van der Waals surface area contributed by atoms with Crippen LogP contribution >= 0.6 is 11.8 Å². The molecule has 5 nitrogen and oxygen atoms in total. The van der Waals surface area contributed by atoms with Crippen LogP contribution in [0.2, 0.25) is 0 Å². The predicted octanol–water partition coefficient (Wildman–Crippen LogP) is 2.76. The van der Waals surface area contributed by atoms with Gasteiger partial charge in [-0.1, -0.05) is 23.9 Å². The third kappa shape index (κ3) is 3.06. The van der Waals surface area contributed by atoms with Crippen LogP contribution in [0, 0.1) is 0 Å². The van der Waals surface area contributed by atoms with Gasteiger partial charge in [0.05, 0.1) is 18.8 Å². The van der Waals surface area contributed by atoms with Crippen molar-refractivity contribution >= 4 is 11.8 Å². The molecule has 0 saturated carbocycles. The average Bonchev–Trinajstić information content (AvgIpc) is 3.15. The second-order valence-corrected chi connectivity index (χ2v) is 6.00. The van der Waals surface area contributed by atoms with Gasteiger partial charge in [0, 0.05) is 19.4 Å². The van der Waals surface area contributed by atoms with Crippen LogP contribution in [0.25, 0.3) is 11.4 Å². The summed E-state index contributed by atoms with van der Waals surface area (Å²) < 4.78 is 13.1. The molecule has 0 spiro atoms. The molecular weight excluding hydrogens is 286 g/mol. The molecule has 21 heavy (non-hydrogen) atoms. The molecular formula is C15H19N3O2S. The Kier molecular flexibility index (Phi) is 4.45. The van der Waals surface area contributed by atoms with Gasteiger partial charge < -0.3 is 14.0 Å². The minimum atomic E-state index is 0.349. The van der Waals surface area contributed by atoms with E-state index in [1.54, 1.807) is 18.9 Å². The number of hydrogen-bond donors (Lipinski definition) is 0. The van der Waals surface area contributed by atoms with Crippen LogP contribution in [-0.4, -0.2) is 40.3 Å². The van der Waals surface area contributed by atoms with Gasteiger partial charge in [0.2, 0.25) is 0 Å². The van der Waals surface area contributed by atoms with Crippen molar-refractivity contribution in [3.63, 3.8) is 0 Å². The number of para-hydroxylation sites is 1. The molecule has 0 bridgehead atoms. The molecule has 2 heterocycles. The topological polar surface area (TPSA) is 49.2 Å². The van der Waals surface area contributed by atoms with Crippen molar-refractivity contribution in [2.45, 2.75) is 24.1 Å². The van der Waals surface area contributed by atoms with Crippen molar-refractivity contribution in [3.8, 4) is 17.1 Å². The van der Waals surface area contributed by atoms with E-state index in [9.17, 15) is 0 Å². The van der Waals surface area contributed by atoms with E-state index in [1.165, 1.54) is 0 Å². The molecule has 1 atom stereocenters. The molecule has 2 aromatic rings. The third-order valence-electron chi connectivity index (χ3n) is 3.61. The summed E-state index contributed by atoms with van der Waals surface area (Å²) in [4.78, 5) is 0. The maximum Gasteiger partial charge on any atom is 0.191 e. The minimum Gasteiger partial charge on any atom is -0.496 e. The van der Waals surface area contributed by atoms with E-state index < -0.39 is 0 Å². The zero-order valence-corrected chi connectivity index (χ0v) is 13.1. The number of methoxy groups -OCH3 is 1. The van der Waals surface area contributed by atoms with Crippen molar-refractivity contribution in [1.82, 2.24) is 14.8 Å². The summed E-state index contributed by atoms with van der Waals surface area (Å²) in [6.07, 6.45) is 2.65. The molecule has 1 aliphatic heterocycles. The number of nitrogens with zero attached hydrogens (tertiary/aromatic N) is 3. The van der Waals surface area contributed by atoms with Gasteiger partial charge in [0.1, 0.15) is 5.75 Å². The molecule has 1 aromatic heterocycles. The molecule has 3 rings (SSSR count). The standard InChI is InChI=1S/C15H19N3O2S/c1-18-14(12-7-3-4-8-13(12)19-2)16-17-15(18)21-10-11-6-5-9-20-11/h3-4,7-8,11H,5-6,9-10H2,1-2H3. The Bertz CT molecular complexity index is 609. The summed E-state index contributed by atoms with van der Waals surface area (Å²) in [6.45, 7) is 0.885. The van der Waals surface area contributed by atoms with Gasteiger partial charge in [0.15, 0.2) is 11.0 Å². The second-order valence-electron chi connectivity index (χ2n) is 5.01. The van der Waals surface area contributed by atoms with Crippen LogP contribution in [0.15, 0.2) is 29.4 Å². The van der Waals surface area contributed by atoms with E-state index in [-0.39, 0.29) is 0 Å². The van der Waals surface area contributed by atoms with Gasteiger partial charge in [-0.2, -0.15) is 0 Å². The van der Waals surface area contributed by atoms with Crippen molar-refractivity contribution in [3.05, 3.63) is 24.3 Å². The highest BCUT2D eigenvalue weighted by atomic mass is 32.2. The first kappa shape index (κ1) is 14.4. The Morgan fingerprint density at radius 2 is 2.24 bits per heavy atom. The number of aromatic nitrogens is 3. The Morgan fingerprint density at radius 1 is 1.38 bits per heavy atom. The van der Waals surface area contributed by atoms with Gasteiger partial charge in [-0.3, -0.25) is 0 Å². The fourth-order valence-electron chi connectivity index (χ4n) is 2.45. The number of hydrogen-bond acceptors (Lipinski definition) is 5. The predicted molar refractivity (Wildman–Crippen MR) is 82.7 cm³/mol. The van der Waals surface area contributed by atoms with Gasteiger partial charge in [-0.25, -0.2) is 0 Å². The first-order valence-corrected chi connectivity index (χ1v) is 8.05. The van der Waals surface area contributed by atoms with Gasteiger partial charge in [-0.05, 0) is 25.0 Å². The normalized spacial score (nSPS) is 18.1. The lowest BCUT2D eigenvalue weighted by Crippen LogP contribution is -2.08. The summed E-state index contributed by atoms with van der Waals surface area (Å²) in [5.74, 6) is 2.56. The van der Waals surface area contributed by atoms with Crippen molar-refractivity contribution in [2.75, 3.05) is 19.5 Å². The maximum absolute atomic E-state index is 5.64. The second kappa shape index (κ2) is 6.49. The highest BCUT2D eigenvalue weighted by Gasteiger charge is 2.19. The Hall–Kier alpha value is -1.53. The van der Waals surface area contributed by atoms with E-state index in [0.717, 1.165) is 47.5 Å². The highest BCUT2D eigenvalue weighted by molar-refractivity contribution is 7.99. The minimum absolute atomic E-state index is 0.349. The van der Waals surface area contributed by atoms with Gasteiger partial charge >= 0.3 is 0 Å². The molecule has 112 valence electrons. The molecule has 1 unspecified atom stereocenters. The van der Waals surface area contributed by atoms with E-state index in [4.69, 9.17) is 9.47 Å². The Labute approximate surface area is 128 Å². The summed E-state index contributed by atoms with van der Waals surface area (Å²) in [5, 5.41) is 9.51. The summed E-state index contributed by atoms with van der Waals surface area (Å²) in [7, 11) is 3.65. The molecule has 0 radical (unpaired) electrons. The van der Waals surface area contributed by atoms with E-state index in [2.05, 4.69) is 10.2 Å². The smallest absolute Gasteiger partial charge is 0.191 e. The molecule has 1 aliphatic rings. The number of rotatable bonds is 5. The van der Waals surface area contributed by atoms with Crippen molar-refractivity contribution in [1.29, 1.82) is 0 Å². The summed E-state index contributed by atoms with van der Waals surface area (Å²) in [5.41, 5.74) is 0.957. The fourth-order valence-corrected chi connectivity index (χ4v) is 3.42. The first-order chi connectivity index (χ1) is 10.3. The summed E-state index contributed by atoms with van der Waals surface area (Å²) in [6, 6.07) is 7.86. The quantitative estimate of drug-likeness (QED) is 0.795. The van der Waals surface area contributed by atoms with Crippen molar-refractivity contribution in [2.24, 2.45) is 7.05 Å². The average molecular weight is 305 g/mol. The molecule has 1 saturated heterocycles. The lowest BCUT2D eigenvalue weighted by molar-refractivity contribution is 0.129. The van der Waals surface area contributed by atoms with Crippen LogP contribution in [-0.2, 0) is 11.8 Å². The number of thioether (sulfide) groups is 1. The monoisotopic (exact) mass is 305 g/mol. The number of benzene rings is 1. The Balaban J connectivity index is 1.78. The van der Waals surface area contributed by atoms with E-state index in [1.807, 2.05) is 35.9 Å². The van der Waals surface area contributed by atoms with Gasteiger partial charge in [-0.15, -0.1) is 10.2 Å². The highest BCUT2D eigenvalue weighted by Crippen LogP contribution is 2.30. The molecule has 1 aromatic carbocycles. The maximum atomic E-state index is 5.64. The largest absolute Gasteiger partial charge is 0.496 e. The molecule has 0 aliphatic carbocycles. The van der Waals surface area contributed by atoms with Crippen molar-refractivity contribution < 1.29 is 9.47 Å². The third-order valence-corrected chi connectivity index (χ3v) is 4.76. The van der Waals surface area contributed by atoms with Crippen LogP contribution in [0.4, 0.5) is 0 Å². The zero-order valence-electron chi connectivity index (χ0n) is 12.3. The molecule has 0 amide bonds. The fraction of sp³-hybridized carbons (Fsp3) is 0.467. The number of ether oxygens (including phenoxy) is 2. The van der Waals surface area contributed by atoms with Crippen LogP contribution in [0.3, 0.4) is 0 Å². The van der Waals surface area contributed by atoms with Crippen LogP contribution in [0.1, 0.15) is 12.8 Å². The zero-order chi connectivity index (χ0) is 14.7. The van der Waals surface area contributed by atoms with E-state index >= 15 is 0 Å². The molecule has 0 N–H and O–H groups in total. The lowest BCUT2D eigenvalue weighted by Gasteiger charge is -2.09. The van der Waals surface area contributed by atoms with E-state index in [0.29, 0.717) is 6.10 Å². The first-order valence-electron chi connectivity index (χ1n) is 7.07. The molecule has 6 heteroatoms. The molecule has 1 fully saturated rings. The van der Waals surface area contributed by atoms with Gasteiger partial charge in [0.25, 0.3) is 0 Å². The lowest BCUT2D eigenvalue weighted by atomic mass is 10.2. The SMILES string of the molecule is COc1ccccc1-c1nnc(SCC2CCCO2)n1C. The van der Waals surface area contributed by atoms with Crippen LogP contribution in [0.5, 0.6) is 5.75 Å². The Morgan fingerprint density at radius 3 is 3.00 bits per heavy atom.